The molecule has 7 atom stereocenters. The first-order valence-electron chi connectivity index (χ1n) is 10.0. The van der Waals surface area contributed by atoms with Gasteiger partial charge in [0, 0.05) is 6.54 Å². The Labute approximate surface area is 207 Å². The van der Waals surface area contributed by atoms with Crippen LogP contribution in [0.5, 0.6) is 0 Å². The molecule has 22 heteroatoms. The van der Waals surface area contributed by atoms with Crippen LogP contribution in [-0.2, 0) is 31.6 Å². The summed E-state index contributed by atoms with van der Waals surface area (Å²) in [5, 5.41) is 32.8. The van der Waals surface area contributed by atoms with Crippen LogP contribution in [0.4, 0.5) is 5.82 Å². The second-order valence-electron chi connectivity index (χ2n) is 7.50. The Morgan fingerprint density at radius 2 is 1.86 bits per heavy atom. The van der Waals surface area contributed by atoms with Gasteiger partial charge in [-0.1, -0.05) is 11.6 Å². The number of phosphoric acid groups is 3. The zero-order valence-electron chi connectivity index (χ0n) is 18.7. The number of phosphoric ester groups is 1. The monoisotopic (exact) mass is 588 g/mol. The predicted molar refractivity (Wildman–Crippen MR) is 114 cm³/mol. The SMILES string of the molecule is C/C(=C\CNc1ncnc2c1ncn2C1OC(COP(=O)([O-])OP(=O)([O-])OP(=O)([O-])O)C(O)C1O)CO. The first-order chi connectivity index (χ1) is 17.1. The number of fused-ring (bicyclic) bond motifs is 1. The molecule has 2 aromatic rings. The van der Waals surface area contributed by atoms with Gasteiger partial charge in [-0.3, -0.25) is 18.3 Å². The van der Waals surface area contributed by atoms with Crippen molar-refractivity contribution in [1.82, 2.24) is 19.5 Å². The van der Waals surface area contributed by atoms with Gasteiger partial charge >= 0.3 is 0 Å². The molecule has 3 rings (SSSR count). The highest BCUT2D eigenvalue weighted by atomic mass is 31.3. The molecule has 5 N–H and O–H groups in total. The van der Waals surface area contributed by atoms with E-state index in [1.54, 1.807) is 13.0 Å². The van der Waals surface area contributed by atoms with Crippen LogP contribution < -0.4 is 20.0 Å². The Morgan fingerprint density at radius 3 is 2.51 bits per heavy atom. The first kappa shape index (κ1) is 29.9. The van der Waals surface area contributed by atoms with Crippen LogP contribution in [0.1, 0.15) is 13.2 Å². The topological polar surface area (TPSA) is 294 Å². The van der Waals surface area contributed by atoms with E-state index in [1.165, 1.54) is 17.2 Å². The van der Waals surface area contributed by atoms with E-state index in [1.807, 2.05) is 0 Å². The van der Waals surface area contributed by atoms with E-state index in [0.29, 0.717) is 17.9 Å². The van der Waals surface area contributed by atoms with Crippen molar-refractivity contribution in [2.24, 2.45) is 0 Å². The molecule has 208 valence electrons. The molecule has 0 saturated carbocycles. The van der Waals surface area contributed by atoms with Gasteiger partial charge in [-0.25, -0.2) is 23.6 Å². The largest absolute Gasteiger partial charge is 0.756 e. The molecule has 2 aromatic heterocycles. The summed E-state index contributed by atoms with van der Waals surface area (Å²) in [6.45, 7) is 0.827. The number of aromatic nitrogens is 4. The molecule has 0 amide bonds. The highest BCUT2D eigenvalue weighted by molar-refractivity contribution is 7.65. The third-order valence-corrected chi connectivity index (χ3v) is 8.43. The molecular weight excluding hydrogens is 567 g/mol. The summed E-state index contributed by atoms with van der Waals surface area (Å²) in [5.41, 5.74) is 1.13. The Morgan fingerprint density at radius 1 is 1.16 bits per heavy atom. The molecule has 7 unspecified atom stereocenters. The average molecular weight is 588 g/mol. The molecule has 19 nitrogen and oxygen atoms in total. The third kappa shape index (κ3) is 7.92. The Balaban J connectivity index is 1.70. The van der Waals surface area contributed by atoms with E-state index in [2.05, 4.69) is 33.4 Å². The second kappa shape index (κ2) is 11.6. The molecule has 0 aliphatic carbocycles. The molecule has 1 saturated heterocycles. The minimum absolute atomic E-state index is 0.123. The van der Waals surface area contributed by atoms with E-state index in [0.717, 1.165) is 0 Å². The summed E-state index contributed by atoms with van der Waals surface area (Å²) in [6, 6.07) is 0. The van der Waals surface area contributed by atoms with Crippen molar-refractivity contribution < 1.29 is 66.5 Å². The van der Waals surface area contributed by atoms with Gasteiger partial charge in [0.05, 0.1) is 19.5 Å². The van der Waals surface area contributed by atoms with Crippen molar-refractivity contribution in [2.45, 2.75) is 31.5 Å². The number of rotatable bonds is 12. The van der Waals surface area contributed by atoms with Crippen molar-refractivity contribution in [2.75, 3.05) is 25.1 Å². The van der Waals surface area contributed by atoms with E-state index < -0.39 is 54.6 Å². The molecule has 0 spiro atoms. The van der Waals surface area contributed by atoms with Crippen molar-refractivity contribution >= 4 is 40.4 Å². The number of aliphatic hydroxyl groups excluding tert-OH is 3. The number of hydrogen-bond donors (Lipinski definition) is 5. The van der Waals surface area contributed by atoms with Crippen LogP contribution in [0.3, 0.4) is 0 Å². The van der Waals surface area contributed by atoms with E-state index in [-0.39, 0.29) is 17.8 Å². The fraction of sp³-hybridized carbons (Fsp3) is 0.533. The minimum atomic E-state index is -6.10. The molecule has 0 radical (unpaired) electrons. The lowest BCUT2D eigenvalue weighted by Crippen LogP contribution is -2.34. The van der Waals surface area contributed by atoms with Gasteiger partial charge in [0.2, 0.25) is 0 Å². The number of aliphatic hydroxyl groups is 3. The van der Waals surface area contributed by atoms with E-state index >= 15 is 0 Å². The van der Waals surface area contributed by atoms with Gasteiger partial charge in [-0.05, 0) is 6.92 Å². The fourth-order valence-corrected chi connectivity index (χ4v) is 6.00. The van der Waals surface area contributed by atoms with E-state index in [9.17, 15) is 38.6 Å². The molecule has 3 heterocycles. The fourth-order valence-electron chi connectivity index (χ4n) is 3.10. The number of nitrogens with zero attached hydrogens (tertiary/aromatic N) is 4. The van der Waals surface area contributed by atoms with Crippen molar-refractivity contribution in [1.29, 1.82) is 0 Å². The summed E-state index contributed by atoms with van der Waals surface area (Å²) in [7, 11) is -17.8. The Hall–Kier alpha value is -1.66. The van der Waals surface area contributed by atoms with Crippen molar-refractivity contribution in [3.63, 3.8) is 0 Å². The Kier molecular flexibility index (Phi) is 9.38. The van der Waals surface area contributed by atoms with Gasteiger partial charge < -0.3 is 49.5 Å². The van der Waals surface area contributed by atoms with Gasteiger partial charge in [0.25, 0.3) is 23.5 Å². The van der Waals surface area contributed by atoms with Crippen molar-refractivity contribution in [3.8, 4) is 0 Å². The summed E-state index contributed by atoms with van der Waals surface area (Å²) in [4.78, 5) is 54.2. The van der Waals surface area contributed by atoms with E-state index in [4.69, 9.17) is 14.7 Å². The molecule has 0 bridgehead atoms. The maximum Gasteiger partial charge on any atom is 0.280 e. The minimum Gasteiger partial charge on any atom is -0.756 e. The summed E-state index contributed by atoms with van der Waals surface area (Å²) in [6.07, 6.45) is -2.19. The maximum absolute atomic E-state index is 11.7. The van der Waals surface area contributed by atoms with Crippen LogP contribution in [0.15, 0.2) is 24.3 Å². The number of imidazole rings is 1. The van der Waals surface area contributed by atoms with Gasteiger partial charge in [0.1, 0.15) is 24.6 Å². The van der Waals surface area contributed by atoms with Crippen LogP contribution in [0.2, 0.25) is 0 Å². The molecule has 37 heavy (non-hydrogen) atoms. The Bertz CT molecular complexity index is 1280. The molecule has 0 aromatic carbocycles. The average Bonchev–Trinajstić information content (AvgIpc) is 3.31. The molecule has 1 aliphatic heterocycles. The lowest BCUT2D eigenvalue weighted by molar-refractivity contribution is -0.250. The number of anilines is 1. The van der Waals surface area contributed by atoms with Crippen LogP contribution >= 0.6 is 23.5 Å². The smallest absolute Gasteiger partial charge is 0.280 e. The van der Waals surface area contributed by atoms with Gasteiger partial charge in [0.15, 0.2) is 23.2 Å². The highest BCUT2D eigenvalue weighted by Gasteiger charge is 2.45. The van der Waals surface area contributed by atoms with Gasteiger partial charge in [-0.2, -0.15) is 0 Å². The van der Waals surface area contributed by atoms with Crippen LogP contribution in [-0.4, -0.2) is 77.8 Å². The zero-order valence-corrected chi connectivity index (χ0v) is 21.3. The molecule has 1 fully saturated rings. The van der Waals surface area contributed by atoms with Crippen molar-refractivity contribution in [3.05, 3.63) is 24.3 Å². The lowest BCUT2D eigenvalue weighted by Gasteiger charge is -2.33. The number of nitrogens with one attached hydrogen (secondary N) is 1. The number of ether oxygens (including phenoxy) is 1. The quantitative estimate of drug-likeness (QED) is 0.124. The maximum atomic E-state index is 11.7. The summed E-state index contributed by atoms with van der Waals surface area (Å²) < 4.78 is 51.2. The first-order valence-corrected chi connectivity index (χ1v) is 14.5. The highest BCUT2D eigenvalue weighted by Crippen LogP contribution is 2.61. The van der Waals surface area contributed by atoms with Crippen LogP contribution in [0, 0.1) is 0 Å². The molecule has 1 aliphatic rings. The second-order valence-corrected chi connectivity index (χ2v) is 11.8. The third-order valence-electron chi connectivity index (χ3n) is 4.74. The molecular formula is C15H21N5O14P3-3. The van der Waals surface area contributed by atoms with Crippen LogP contribution in [0.25, 0.3) is 11.2 Å². The van der Waals surface area contributed by atoms with Gasteiger partial charge in [-0.15, -0.1) is 0 Å². The standard InChI is InChI=1S/C15H24N5O14P3/c1-8(4-21)2-3-16-13-10-14(18-6-17-13)20(7-19-10)15-12(23)11(22)9(32-15)5-31-36(27,28)34-37(29,30)33-35(24,25)26/h2,6-7,9,11-12,15,21-23H,3-5H2,1H3,(H,27,28)(H,29,30)(H,16,17,18)(H2,24,25,26)/p-3/b8-2+. The predicted octanol–water partition coefficient (Wildman–Crippen LogP) is -2.76. The normalized spacial score (nSPS) is 27.5. The summed E-state index contributed by atoms with van der Waals surface area (Å²) >= 11 is 0. The lowest BCUT2D eigenvalue weighted by atomic mass is 10.1. The zero-order chi connectivity index (χ0) is 27.6. The summed E-state index contributed by atoms with van der Waals surface area (Å²) in [5.74, 6) is 0.304. The number of hydrogen-bond acceptors (Lipinski definition) is 17.